The quantitative estimate of drug-likeness (QED) is 0.703. The molecule has 0 spiro atoms. The SMILES string of the molecule is Cn1c(CN)nc(N2CCOCC2)cc1=O. The number of anilines is 1. The van der Waals surface area contributed by atoms with Gasteiger partial charge in [-0.25, -0.2) is 4.98 Å². The van der Waals surface area contributed by atoms with Gasteiger partial charge in [-0.3, -0.25) is 9.36 Å². The first kappa shape index (κ1) is 11.1. The van der Waals surface area contributed by atoms with Gasteiger partial charge in [-0.15, -0.1) is 0 Å². The summed E-state index contributed by atoms with van der Waals surface area (Å²) < 4.78 is 6.73. The molecule has 0 aromatic carbocycles. The van der Waals surface area contributed by atoms with Crippen molar-refractivity contribution in [1.29, 1.82) is 0 Å². The van der Waals surface area contributed by atoms with Crippen LogP contribution in [-0.4, -0.2) is 35.9 Å². The Labute approximate surface area is 93.6 Å². The summed E-state index contributed by atoms with van der Waals surface area (Å²) in [6.07, 6.45) is 0. The maximum atomic E-state index is 11.7. The van der Waals surface area contributed by atoms with Crippen LogP contribution in [0.15, 0.2) is 10.9 Å². The van der Waals surface area contributed by atoms with Crippen molar-refractivity contribution in [2.45, 2.75) is 6.54 Å². The topological polar surface area (TPSA) is 73.4 Å². The van der Waals surface area contributed by atoms with Crippen LogP contribution in [0.4, 0.5) is 5.82 Å². The summed E-state index contributed by atoms with van der Waals surface area (Å²) in [5.41, 5.74) is 5.48. The molecule has 0 bridgehead atoms. The number of hydrogen-bond donors (Lipinski definition) is 1. The minimum atomic E-state index is -0.0723. The van der Waals surface area contributed by atoms with Crippen molar-refractivity contribution in [3.63, 3.8) is 0 Å². The van der Waals surface area contributed by atoms with Gasteiger partial charge in [0.05, 0.1) is 19.8 Å². The second-order valence-electron chi connectivity index (χ2n) is 3.73. The first-order valence-corrected chi connectivity index (χ1v) is 5.32. The average molecular weight is 224 g/mol. The van der Waals surface area contributed by atoms with Gasteiger partial charge in [0.25, 0.3) is 5.56 Å². The molecule has 1 fully saturated rings. The van der Waals surface area contributed by atoms with Crippen LogP contribution in [0.5, 0.6) is 0 Å². The van der Waals surface area contributed by atoms with Crippen molar-refractivity contribution in [3.05, 3.63) is 22.2 Å². The summed E-state index contributed by atoms with van der Waals surface area (Å²) in [7, 11) is 1.68. The molecule has 88 valence electrons. The van der Waals surface area contributed by atoms with E-state index in [0.717, 1.165) is 13.1 Å². The third kappa shape index (κ3) is 2.07. The fraction of sp³-hybridized carbons (Fsp3) is 0.600. The minimum Gasteiger partial charge on any atom is -0.378 e. The molecule has 2 heterocycles. The number of morpholine rings is 1. The summed E-state index contributed by atoms with van der Waals surface area (Å²) in [6.45, 7) is 3.15. The molecule has 1 aliphatic heterocycles. The van der Waals surface area contributed by atoms with E-state index < -0.39 is 0 Å². The predicted octanol–water partition coefficient (Wildman–Crippen LogP) is -0.924. The molecule has 0 aliphatic carbocycles. The van der Waals surface area contributed by atoms with Crippen molar-refractivity contribution in [2.75, 3.05) is 31.2 Å². The first-order chi connectivity index (χ1) is 7.72. The molecule has 0 radical (unpaired) electrons. The standard InChI is InChI=1S/C10H16N4O2/c1-13-9(7-11)12-8(6-10(13)15)14-2-4-16-5-3-14/h6H,2-5,7,11H2,1H3. The van der Waals surface area contributed by atoms with Crippen LogP contribution >= 0.6 is 0 Å². The van der Waals surface area contributed by atoms with Crippen molar-refractivity contribution in [1.82, 2.24) is 9.55 Å². The van der Waals surface area contributed by atoms with Gasteiger partial charge < -0.3 is 15.4 Å². The summed E-state index contributed by atoms with van der Waals surface area (Å²) >= 11 is 0. The number of nitrogens with two attached hydrogens (primary N) is 1. The van der Waals surface area contributed by atoms with Gasteiger partial charge in [0, 0.05) is 26.2 Å². The minimum absolute atomic E-state index is 0.0723. The Bertz CT molecular complexity index is 423. The van der Waals surface area contributed by atoms with E-state index in [9.17, 15) is 4.79 Å². The fourth-order valence-electron chi connectivity index (χ4n) is 1.71. The highest BCUT2D eigenvalue weighted by Crippen LogP contribution is 2.10. The Hall–Kier alpha value is -1.40. The molecule has 2 rings (SSSR count). The number of ether oxygens (including phenoxy) is 1. The highest BCUT2D eigenvalue weighted by molar-refractivity contribution is 5.38. The molecular formula is C10H16N4O2. The van der Waals surface area contributed by atoms with Crippen LogP contribution in [-0.2, 0) is 18.3 Å². The molecule has 1 aliphatic rings. The number of aromatic nitrogens is 2. The van der Waals surface area contributed by atoms with Crippen LogP contribution < -0.4 is 16.2 Å². The van der Waals surface area contributed by atoms with E-state index in [1.165, 1.54) is 4.57 Å². The van der Waals surface area contributed by atoms with E-state index in [0.29, 0.717) is 24.9 Å². The highest BCUT2D eigenvalue weighted by atomic mass is 16.5. The van der Waals surface area contributed by atoms with Crippen LogP contribution in [0, 0.1) is 0 Å². The lowest BCUT2D eigenvalue weighted by Crippen LogP contribution is -2.38. The van der Waals surface area contributed by atoms with E-state index in [1.54, 1.807) is 13.1 Å². The Kier molecular flexibility index (Phi) is 3.21. The molecule has 0 amide bonds. The van der Waals surface area contributed by atoms with Crippen molar-refractivity contribution < 1.29 is 4.74 Å². The highest BCUT2D eigenvalue weighted by Gasteiger charge is 2.14. The smallest absolute Gasteiger partial charge is 0.255 e. The van der Waals surface area contributed by atoms with Crippen molar-refractivity contribution in [2.24, 2.45) is 12.8 Å². The molecule has 6 nitrogen and oxygen atoms in total. The molecule has 0 saturated carbocycles. The maximum absolute atomic E-state index is 11.7. The summed E-state index contributed by atoms with van der Waals surface area (Å²) in [6, 6.07) is 1.55. The second-order valence-corrected chi connectivity index (χ2v) is 3.73. The third-order valence-electron chi connectivity index (χ3n) is 2.73. The van der Waals surface area contributed by atoms with Gasteiger partial charge in [0.1, 0.15) is 11.6 Å². The predicted molar refractivity (Wildman–Crippen MR) is 60.4 cm³/mol. The van der Waals surface area contributed by atoms with Gasteiger partial charge in [-0.1, -0.05) is 0 Å². The van der Waals surface area contributed by atoms with Crippen LogP contribution in [0.1, 0.15) is 5.82 Å². The Morgan fingerprint density at radius 2 is 2.19 bits per heavy atom. The zero-order valence-electron chi connectivity index (χ0n) is 9.35. The van der Waals surface area contributed by atoms with Gasteiger partial charge in [-0.05, 0) is 0 Å². The zero-order chi connectivity index (χ0) is 11.5. The molecule has 1 saturated heterocycles. The van der Waals surface area contributed by atoms with Crippen LogP contribution in [0.3, 0.4) is 0 Å². The van der Waals surface area contributed by atoms with E-state index in [-0.39, 0.29) is 12.1 Å². The largest absolute Gasteiger partial charge is 0.378 e. The lowest BCUT2D eigenvalue weighted by Gasteiger charge is -2.28. The van der Waals surface area contributed by atoms with Crippen molar-refractivity contribution >= 4 is 5.82 Å². The van der Waals surface area contributed by atoms with E-state index in [2.05, 4.69) is 4.98 Å². The fourth-order valence-corrected chi connectivity index (χ4v) is 1.71. The maximum Gasteiger partial charge on any atom is 0.255 e. The Morgan fingerprint density at radius 1 is 1.50 bits per heavy atom. The van der Waals surface area contributed by atoms with Gasteiger partial charge in [0.15, 0.2) is 0 Å². The summed E-state index contributed by atoms with van der Waals surface area (Å²) in [4.78, 5) is 18.1. The molecular weight excluding hydrogens is 208 g/mol. The van der Waals surface area contributed by atoms with Gasteiger partial charge in [0.2, 0.25) is 0 Å². The van der Waals surface area contributed by atoms with Crippen molar-refractivity contribution in [3.8, 4) is 0 Å². The molecule has 2 N–H and O–H groups in total. The lowest BCUT2D eigenvalue weighted by atomic mass is 10.4. The van der Waals surface area contributed by atoms with E-state index >= 15 is 0 Å². The monoisotopic (exact) mass is 224 g/mol. The number of hydrogen-bond acceptors (Lipinski definition) is 5. The van der Waals surface area contributed by atoms with Crippen LogP contribution in [0.25, 0.3) is 0 Å². The summed E-state index contributed by atoms with van der Waals surface area (Å²) in [5.74, 6) is 1.31. The van der Waals surface area contributed by atoms with Gasteiger partial charge >= 0.3 is 0 Å². The zero-order valence-corrected chi connectivity index (χ0v) is 9.35. The first-order valence-electron chi connectivity index (χ1n) is 5.32. The molecule has 1 aromatic rings. The van der Waals surface area contributed by atoms with Crippen LogP contribution in [0.2, 0.25) is 0 Å². The molecule has 6 heteroatoms. The molecule has 16 heavy (non-hydrogen) atoms. The molecule has 0 unspecified atom stereocenters. The number of rotatable bonds is 2. The number of nitrogens with zero attached hydrogens (tertiary/aromatic N) is 3. The molecule has 1 aromatic heterocycles. The lowest BCUT2D eigenvalue weighted by molar-refractivity contribution is 0.122. The van der Waals surface area contributed by atoms with Gasteiger partial charge in [-0.2, -0.15) is 0 Å². The Morgan fingerprint density at radius 3 is 2.81 bits per heavy atom. The average Bonchev–Trinajstić information content (AvgIpc) is 2.33. The van der Waals surface area contributed by atoms with E-state index in [1.807, 2.05) is 4.90 Å². The Balaban J connectivity index is 2.33. The third-order valence-corrected chi connectivity index (χ3v) is 2.73. The second kappa shape index (κ2) is 4.63. The normalized spacial score (nSPS) is 16.5. The molecule has 0 atom stereocenters. The van der Waals surface area contributed by atoms with E-state index in [4.69, 9.17) is 10.5 Å². The summed E-state index contributed by atoms with van der Waals surface area (Å²) in [5, 5.41) is 0.